The molecule has 102 valence electrons. The number of β-amino-alcohol motifs (C(OH)–C–C–N with tert-alkyl or cyclic N) is 1. The van der Waals surface area contributed by atoms with Crippen molar-refractivity contribution >= 4 is 0 Å². The Morgan fingerprint density at radius 1 is 1.47 bits per heavy atom. The number of nitrogens with zero attached hydrogens (tertiary/aromatic N) is 1. The Balaban J connectivity index is 2.20. The molecule has 0 aliphatic carbocycles. The quantitative estimate of drug-likeness (QED) is 0.692. The fraction of sp³-hybridized carbons (Fsp3) is 1.00. The second-order valence-corrected chi connectivity index (χ2v) is 5.36. The highest BCUT2D eigenvalue weighted by atomic mass is 16.5. The Labute approximate surface area is 105 Å². The van der Waals surface area contributed by atoms with E-state index >= 15 is 0 Å². The van der Waals surface area contributed by atoms with Crippen molar-refractivity contribution in [3.63, 3.8) is 0 Å². The summed E-state index contributed by atoms with van der Waals surface area (Å²) in [5.74, 6) is 0.729. The smallest absolute Gasteiger partial charge is 0.0900 e. The molecule has 0 radical (unpaired) electrons. The number of hydrogen-bond donors (Lipinski definition) is 2. The van der Waals surface area contributed by atoms with Crippen molar-refractivity contribution in [3.05, 3.63) is 0 Å². The summed E-state index contributed by atoms with van der Waals surface area (Å²) in [7, 11) is 2.00. The molecule has 4 nitrogen and oxygen atoms in total. The molecule has 4 heteroatoms. The van der Waals surface area contributed by atoms with Crippen molar-refractivity contribution in [1.82, 2.24) is 10.2 Å². The lowest BCUT2D eigenvalue weighted by Crippen LogP contribution is -2.43. The third-order valence-corrected chi connectivity index (χ3v) is 3.19. The highest BCUT2D eigenvalue weighted by Gasteiger charge is 2.21. The molecule has 0 aromatic rings. The molecule has 17 heavy (non-hydrogen) atoms. The first-order valence-corrected chi connectivity index (χ1v) is 6.78. The average molecular weight is 244 g/mol. The Bertz CT molecular complexity index is 198. The van der Waals surface area contributed by atoms with Crippen molar-refractivity contribution in [3.8, 4) is 0 Å². The van der Waals surface area contributed by atoms with Gasteiger partial charge in [-0.05, 0) is 52.7 Å². The van der Waals surface area contributed by atoms with Crippen LogP contribution in [-0.4, -0.2) is 62.0 Å². The van der Waals surface area contributed by atoms with Crippen LogP contribution in [0.5, 0.6) is 0 Å². The predicted octanol–water partition coefficient (Wildman–Crippen LogP) is 0.704. The lowest BCUT2D eigenvalue weighted by atomic mass is 9.98. The molecule has 0 amide bonds. The SMILES string of the molecule is CNCC1CCCN(CC(O)COC(C)C)C1. The highest BCUT2D eigenvalue weighted by molar-refractivity contribution is 4.76. The third-order valence-electron chi connectivity index (χ3n) is 3.19. The summed E-state index contributed by atoms with van der Waals surface area (Å²) in [5.41, 5.74) is 0. The number of ether oxygens (including phenoxy) is 1. The van der Waals surface area contributed by atoms with E-state index in [2.05, 4.69) is 10.2 Å². The minimum atomic E-state index is -0.356. The van der Waals surface area contributed by atoms with Gasteiger partial charge in [-0.15, -0.1) is 0 Å². The van der Waals surface area contributed by atoms with Crippen molar-refractivity contribution in [1.29, 1.82) is 0 Å². The summed E-state index contributed by atoms with van der Waals surface area (Å²) >= 11 is 0. The van der Waals surface area contributed by atoms with Crippen molar-refractivity contribution in [2.75, 3.05) is 39.8 Å². The fourth-order valence-corrected chi connectivity index (χ4v) is 2.43. The van der Waals surface area contributed by atoms with Crippen LogP contribution in [0.2, 0.25) is 0 Å². The molecule has 0 spiro atoms. The Morgan fingerprint density at radius 2 is 2.24 bits per heavy atom. The summed E-state index contributed by atoms with van der Waals surface area (Å²) in [6.07, 6.45) is 2.38. The first kappa shape index (κ1) is 14.9. The van der Waals surface area contributed by atoms with E-state index < -0.39 is 0 Å². The van der Waals surface area contributed by atoms with Gasteiger partial charge in [0.15, 0.2) is 0 Å². The number of hydrogen-bond acceptors (Lipinski definition) is 4. The predicted molar refractivity (Wildman–Crippen MR) is 70.2 cm³/mol. The lowest BCUT2D eigenvalue weighted by Gasteiger charge is -2.33. The second kappa shape index (κ2) is 8.03. The van der Waals surface area contributed by atoms with E-state index in [0.717, 1.165) is 32.1 Å². The van der Waals surface area contributed by atoms with Crippen molar-refractivity contribution in [2.45, 2.75) is 38.9 Å². The number of piperidine rings is 1. The van der Waals surface area contributed by atoms with Gasteiger partial charge < -0.3 is 20.1 Å². The van der Waals surface area contributed by atoms with Crippen LogP contribution < -0.4 is 5.32 Å². The minimum Gasteiger partial charge on any atom is -0.389 e. The minimum absolute atomic E-state index is 0.197. The Kier molecular flexibility index (Phi) is 7.04. The molecule has 2 unspecified atom stereocenters. The van der Waals surface area contributed by atoms with Gasteiger partial charge >= 0.3 is 0 Å². The highest BCUT2D eigenvalue weighted by Crippen LogP contribution is 2.15. The molecule has 0 saturated carbocycles. The Morgan fingerprint density at radius 3 is 2.88 bits per heavy atom. The standard InChI is InChI=1S/C13H28N2O2/c1-11(2)17-10-13(16)9-15-6-4-5-12(8-15)7-14-3/h11-14,16H,4-10H2,1-3H3. The summed E-state index contributed by atoms with van der Waals surface area (Å²) in [6, 6.07) is 0. The van der Waals surface area contributed by atoms with Gasteiger partial charge in [0.2, 0.25) is 0 Å². The molecule has 0 aromatic carbocycles. The van der Waals surface area contributed by atoms with Gasteiger partial charge in [0.1, 0.15) is 0 Å². The molecule has 1 rings (SSSR count). The number of likely N-dealkylation sites (tertiary alicyclic amines) is 1. The van der Waals surface area contributed by atoms with E-state index in [1.165, 1.54) is 12.8 Å². The van der Waals surface area contributed by atoms with E-state index in [1.54, 1.807) is 0 Å². The zero-order valence-corrected chi connectivity index (χ0v) is 11.5. The van der Waals surface area contributed by atoms with Crippen LogP contribution in [-0.2, 0) is 4.74 Å². The van der Waals surface area contributed by atoms with Gasteiger partial charge in [-0.2, -0.15) is 0 Å². The lowest BCUT2D eigenvalue weighted by molar-refractivity contribution is -0.0134. The molecule has 0 aromatic heterocycles. The number of rotatable bonds is 7. The summed E-state index contributed by atoms with van der Waals surface area (Å²) in [4.78, 5) is 2.36. The monoisotopic (exact) mass is 244 g/mol. The van der Waals surface area contributed by atoms with Crippen LogP contribution in [0.3, 0.4) is 0 Å². The van der Waals surface area contributed by atoms with E-state index in [1.807, 2.05) is 20.9 Å². The van der Waals surface area contributed by atoms with E-state index in [9.17, 15) is 5.11 Å². The first-order chi connectivity index (χ1) is 8.11. The third kappa shape index (κ3) is 6.36. The average Bonchev–Trinajstić information content (AvgIpc) is 2.27. The molecule has 0 bridgehead atoms. The van der Waals surface area contributed by atoms with Crippen LogP contribution in [0.4, 0.5) is 0 Å². The number of nitrogens with one attached hydrogen (secondary N) is 1. The molecule has 1 saturated heterocycles. The van der Waals surface area contributed by atoms with Gasteiger partial charge in [-0.25, -0.2) is 0 Å². The molecule has 2 atom stereocenters. The number of aliphatic hydroxyl groups is 1. The molecule has 1 heterocycles. The number of aliphatic hydroxyl groups excluding tert-OH is 1. The maximum absolute atomic E-state index is 9.88. The second-order valence-electron chi connectivity index (χ2n) is 5.36. The van der Waals surface area contributed by atoms with E-state index in [4.69, 9.17) is 4.74 Å². The van der Waals surface area contributed by atoms with Crippen molar-refractivity contribution in [2.24, 2.45) is 5.92 Å². The topological polar surface area (TPSA) is 44.7 Å². The zero-order chi connectivity index (χ0) is 12.7. The van der Waals surface area contributed by atoms with Gasteiger partial charge in [-0.3, -0.25) is 0 Å². The molecular weight excluding hydrogens is 216 g/mol. The van der Waals surface area contributed by atoms with Crippen LogP contribution in [0.15, 0.2) is 0 Å². The van der Waals surface area contributed by atoms with E-state index in [0.29, 0.717) is 6.61 Å². The van der Waals surface area contributed by atoms with Crippen LogP contribution in [0.1, 0.15) is 26.7 Å². The molecule has 1 aliphatic heterocycles. The fourth-order valence-electron chi connectivity index (χ4n) is 2.43. The van der Waals surface area contributed by atoms with Crippen LogP contribution in [0.25, 0.3) is 0 Å². The van der Waals surface area contributed by atoms with E-state index in [-0.39, 0.29) is 12.2 Å². The summed E-state index contributed by atoms with van der Waals surface area (Å²) in [5, 5.41) is 13.1. The van der Waals surface area contributed by atoms with Crippen LogP contribution in [0, 0.1) is 5.92 Å². The first-order valence-electron chi connectivity index (χ1n) is 6.78. The molecular formula is C13H28N2O2. The maximum Gasteiger partial charge on any atom is 0.0900 e. The summed E-state index contributed by atoms with van der Waals surface area (Å²) in [6.45, 7) is 8.47. The van der Waals surface area contributed by atoms with Gasteiger partial charge in [0.25, 0.3) is 0 Å². The normalized spacial score (nSPS) is 24.2. The molecule has 1 aliphatic rings. The summed E-state index contributed by atoms with van der Waals surface area (Å²) < 4.78 is 5.43. The maximum atomic E-state index is 9.88. The van der Waals surface area contributed by atoms with Crippen molar-refractivity contribution < 1.29 is 9.84 Å². The molecule has 1 fully saturated rings. The largest absolute Gasteiger partial charge is 0.389 e. The van der Waals surface area contributed by atoms with Gasteiger partial charge in [-0.1, -0.05) is 0 Å². The van der Waals surface area contributed by atoms with Gasteiger partial charge in [0, 0.05) is 13.1 Å². The van der Waals surface area contributed by atoms with Gasteiger partial charge in [0.05, 0.1) is 18.8 Å². The van der Waals surface area contributed by atoms with Crippen LogP contribution >= 0.6 is 0 Å². The Hall–Kier alpha value is -0.160. The molecule has 2 N–H and O–H groups in total. The zero-order valence-electron chi connectivity index (χ0n) is 11.5.